The Hall–Kier alpha value is -2.89. The van der Waals surface area contributed by atoms with Gasteiger partial charge in [-0.05, 0) is 61.4 Å². The summed E-state index contributed by atoms with van der Waals surface area (Å²) in [5, 5.41) is 15.4. The quantitative estimate of drug-likeness (QED) is 0.530. The number of aryl methyl sites for hydroxylation is 2. The van der Waals surface area contributed by atoms with Crippen molar-refractivity contribution in [1.82, 2.24) is 25.2 Å². The number of aliphatic imine (C=N–C) groups is 1. The Morgan fingerprint density at radius 3 is 2.86 bits per heavy atom. The van der Waals surface area contributed by atoms with Crippen LogP contribution in [-0.4, -0.2) is 34.2 Å². The fourth-order valence-electron chi connectivity index (χ4n) is 3.86. The number of fused-ring (bicyclic) bond motifs is 2. The van der Waals surface area contributed by atoms with Gasteiger partial charge in [-0.25, -0.2) is 0 Å². The number of pyridine rings is 1. The minimum Gasteiger partial charge on any atom is -0.356 e. The van der Waals surface area contributed by atoms with E-state index in [1.54, 1.807) is 7.05 Å². The lowest BCUT2D eigenvalue weighted by Gasteiger charge is -2.21. The van der Waals surface area contributed by atoms with E-state index in [1.807, 2.05) is 28.8 Å². The highest BCUT2D eigenvalue weighted by Gasteiger charge is 2.13. The van der Waals surface area contributed by atoms with Gasteiger partial charge in [-0.15, -0.1) is 10.2 Å². The molecule has 0 saturated carbocycles. The number of hydrogen-bond acceptors (Lipinski definition) is 3. The summed E-state index contributed by atoms with van der Waals surface area (Å²) in [6.45, 7) is 2.93. The highest BCUT2D eigenvalue weighted by molar-refractivity contribution is 5.80. The molecule has 146 valence electrons. The lowest BCUT2D eigenvalue weighted by Crippen LogP contribution is -2.39. The summed E-state index contributed by atoms with van der Waals surface area (Å²) in [4.78, 5) is 4.37. The molecule has 2 N–H and O–H groups in total. The molecule has 1 atom stereocenters. The lowest BCUT2D eigenvalue weighted by atomic mass is 9.89. The molecule has 1 aliphatic rings. The maximum atomic E-state index is 4.37. The average Bonchev–Trinajstić information content (AvgIpc) is 3.15. The van der Waals surface area contributed by atoms with Crippen LogP contribution in [0, 0.1) is 0 Å². The summed E-state index contributed by atoms with van der Waals surface area (Å²) in [5.41, 5.74) is 5.22. The maximum absolute atomic E-state index is 4.37. The van der Waals surface area contributed by atoms with Gasteiger partial charge < -0.3 is 10.6 Å². The number of hydrogen-bond donors (Lipinski definition) is 2. The van der Waals surface area contributed by atoms with Crippen molar-refractivity contribution < 1.29 is 0 Å². The minimum atomic E-state index is 0.201. The second-order valence-corrected chi connectivity index (χ2v) is 7.40. The summed E-state index contributed by atoms with van der Waals surface area (Å²) in [7, 11) is 1.81. The first-order chi connectivity index (χ1) is 13.7. The maximum Gasteiger partial charge on any atom is 0.191 e. The van der Waals surface area contributed by atoms with Gasteiger partial charge in [-0.3, -0.25) is 9.39 Å². The number of benzene rings is 1. The Balaban J connectivity index is 1.34. The number of guanidine groups is 1. The van der Waals surface area contributed by atoms with Crippen molar-refractivity contribution in [3.05, 3.63) is 65.1 Å². The monoisotopic (exact) mass is 376 g/mol. The molecule has 1 aromatic carbocycles. The Labute approximate surface area is 166 Å². The molecule has 28 heavy (non-hydrogen) atoms. The van der Waals surface area contributed by atoms with Gasteiger partial charge >= 0.3 is 0 Å². The summed E-state index contributed by atoms with van der Waals surface area (Å²) in [6.07, 6.45) is 7.82. The van der Waals surface area contributed by atoms with E-state index in [1.165, 1.54) is 42.4 Å². The molecule has 4 rings (SSSR count). The van der Waals surface area contributed by atoms with Gasteiger partial charge in [0.1, 0.15) is 5.82 Å². The van der Waals surface area contributed by atoms with Crippen LogP contribution in [0.3, 0.4) is 0 Å². The third-order valence-electron chi connectivity index (χ3n) is 5.47. The first-order valence-electron chi connectivity index (χ1n) is 10.1. The zero-order valence-corrected chi connectivity index (χ0v) is 16.7. The molecule has 1 aliphatic carbocycles. The molecule has 0 bridgehead atoms. The molecule has 1 unspecified atom stereocenters. The largest absolute Gasteiger partial charge is 0.356 e. The van der Waals surface area contributed by atoms with E-state index in [9.17, 15) is 0 Å². The van der Waals surface area contributed by atoms with Gasteiger partial charge in [-0.1, -0.05) is 24.3 Å². The van der Waals surface area contributed by atoms with Crippen molar-refractivity contribution in [3.63, 3.8) is 0 Å². The molecular weight excluding hydrogens is 348 g/mol. The van der Waals surface area contributed by atoms with E-state index in [0.29, 0.717) is 0 Å². The second kappa shape index (κ2) is 8.42. The van der Waals surface area contributed by atoms with Crippen molar-refractivity contribution in [2.45, 2.75) is 45.1 Å². The summed E-state index contributed by atoms with van der Waals surface area (Å²) in [5.74, 6) is 1.75. The van der Waals surface area contributed by atoms with Gasteiger partial charge in [-0.2, -0.15) is 0 Å². The molecule has 2 aromatic heterocycles. The fourth-order valence-corrected chi connectivity index (χ4v) is 3.86. The highest BCUT2D eigenvalue weighted by Crippen LogP contribution is 2.24. The predicted molar refractivity (Wildman–Crippen MR) is 113 cm³/mol. The summed E-state index contributed by atoms with van der Waals surface area (Å²) in [6, 6.07) is 13.0. The molecule has 0 spiro atoms. The van der Waals surface area contributed by atoms with Gasteiger partial charge in [0.25, 0.3) is 0 Å². The molecule has 0 fully saturated rings. The van der Waals surface area contributed by atoms with Crippen molar-refractivity contribution in [1.29, 1.82) is 0 Å². The normalized spacial score (nSPS) is 15.3. The molecule has 0 aliphatic heterocycles. The zero-order chi connectivity index (χ0) is 19.3. The van der Waals surface area contributed by atoms with Gasteiger partial charge in [0.15, 0.2) is 11.6 Å². The Kier molecular flexibility index (Phi) is 5.55. The fraction of sp³-hybridized carbons (Fsp3) is 0.409. The van der Waals surface area contributed by atoms with E-state index >= 15 is 0 Å². The predicted octanol–water partition coefficient (Wildman–Crippen LogP) is 3.08. The Morgan fingerprint density at radius 1 is 1.14 bits per heavy atom. The van der Waals surface area contributed by atoms with E-state index < -0.39 is 0 Å². The van der Waals surface area contributed by atoms with Gasteiger partial charge in [0.2, 0.25) is 0 Å². The van der Waals surface area contributed by atoms with E-state index in [2.05, 4.69) is 50.9 Å². The number of rotatable bonds is 5. The van der Waals surface area contributed by atoms with Crippen molar-refractivity contribution in [3.8, 4) is 0 Å². The minimum absolute atomic E-state index is 0.201. The van der Waals surface area contributed by atoms with Gasteiger partial charge in [0, 0.05) is 26.2 Å². The first kappa shape index (κ1) is 18.5. The standard InChI is InChI=1S/C22H28N6/c1-16(18-11-10-17-7-3-4-8-19(17)15-18)25-22(23-2)24-13-12-21-27-26-20-9-5-6-14-28(20)21/h5-6,9-11,14-16H,3-4,7-8,12-13H2,1-2H3,(H2,23,24,25). The number of aromatic nitrogens is 3. The van der Waals surface area contributed by atoms with Crippen LogP contribution in [-0.2, 0) is 19.3 Å². The van der Waals surface area contributed by atoms with Crippen LogP contribution in [0.5, 0.6) is 0 Å². The Morgan fingerprint density at radius 2 is 2.00 bits per heavy atom. The second-order valence-electron chi connectivity index (χ2n) is 7.40. The van der Waals surface area contributed by atoms with E-state index in [0.717, 1.165) is 30.4 Å². The molecular formula is C22H28N6. The van der Waals surface area contributed by atoms with Gasteiger partial charge in [0.05, 0.1) is 6.04 Å². The van der Waals surface area contributed by atoms with E-state index in [4.69, 9.17) is 0 Å². The molecule has 2 heterocycles. The van der Waals surface area contributed by atoms with Crippen LogP contribution in [0.25, 0.3) is 5.65 Å². The Bertz CT molecular complexity index is 974. The molecule has 6 heteroatoms. The molecule has 0 radical (unpaired) electrons. The summed E-state index contributed by atoms with van der Waals surface area (Å²) >= 11 is 0. The van der Waals surface area contributed by atoms with Crippen LogP contribution >= 0.6 is 0 Å². The van der Waals surface area contributed by atoms with Crippen LogP contribution in [0.2, 0.25) is 0 Å². The number of nitrogens with zero attached hydrogens (tertiary/aromatic N) is 4. The molecule has 3 aromatic rings. The molecule has 0 amide bonds. The number of nitrogens with one attached hydrogen (secondary N) is 2. The topological polar surface area (TPSA) is 66.6 Å². The average molecular weight is 377 g/mol. The first-order valence-corrected chi connectivity index (χ1v) is 10.1. The SMILES string of the molecule is CN=C(NCCc1nnc2ccccn12)NC(C)c1ccc2c(c1)CCCC2. The van der Waals surface area contributed by atoms with Crippen LogP contribution in [0.4, 0.5) is 0 Å². The summed E-state index contributed by atoms with van der Waals surface area (Å²) < 4.78 is 2.02. The van der Waals surface area contributed by atoms with Crippen molar-refractivity contribution >= 4 is 11.6 Å². The third-order valence-corrected chi connectivity index (χ3v) is 5.47. The molecule has 6 nitrogen and oxygen atoms in total. The zero-order valence-electron chi connectivity index (χ0n) is 16.7. The smallest absolute Gasteiger partial charge is 0.191 e. The third kappa shape index (κ3) is 4.01. The molecule has 0 saturated heterocycles. The van der Waals surface area contributed by atoms with Crippen molar-refractivity contribution in [2.24, 2.45) is 4.99 Å². The van der Waals surface area contributed by atoms with Crippen LogP contribution in [0.15, 0.2) is 47.6 Å². The highest BCUT2D eigenvalue weighted by atomic mass is 15.2. The van der Waals surface area contributed by atoms with E-state index in [-0.39, 0.29) is 6.04 Å². The van der Waals surface area contributed by atoms with Crippen molar-refractivity contribution in [2.75, 3.05) is 13.6 Å². The van der Waals surface area contributed by atoms with Crippen LogP contribution in [0.1, 0.15) is 48.3 Å². The lowest BCUT2D eigenvalue weighted by molar-refractivity contribution is 0.663. The van der Waals surface area contributed by atoms with Crippen LogP contribution < -0.4 is 10.6 Å².